The Bertz CT molecular complexity index is 835. The topological polar surface area (TPSA) is 65.1 Å². The quantitative estimate of drug-likeness (QED) is 0.625. The summed E-state index contributed by atoms with van der Waals surface area (Å²) < 4.78 is 16.0. The van der Waals surface area contributed by atoms with Gasteiger partial charge < -0.3 is 19.1 Å². The first-order valence-electron chi connectivity index (χ1n) is 8.57. The van der Waals surface area contributed by atoms with Crippen molar-refractivity contribution in [3.63, 3.8) is 0 Å². The first kappa shape index (κ1) is 16.4. The summed E-state index contributed by atoms with van der Waals surface area (Å²) in [6.45, 7) is 2.49. The van der Waals surface area contributed by atoms with E-state index < -0.39 is 11.9 Å². The number of esters is 1. The molecule has 0 bridgehead atoms. The molecule has 0 saturated carbocycles. The van der Waals surface area contributed by atoms with Crippen molar-refractivity contribution in [2.75, 3.05) is 13.3 Å². The second kappa shape index (κ2) is 6.71. The molecule has 0 radical (unpaired) electrons. The Morgan fingerprint density at radius 3 is 2.73 bits per heavy atom. The van der Waals surface area contributed by atoms with Crippen molar-refractivity contribution in [3.8, 4) is 17.2 Å². The van der Waals surface area contributed by atoms with Gasteiger partial charge in [-0.1, -0.05) is 30.3 Å². The molecule has 26 heavy (non-hydrogen) atoms. The maximum absolute atomic E-state index is 12.5. The lowest BCUT2D eigenvalue weighted by Crippen LogP contribution is -2.30. The van der Waals surface area contributed by atoms with Crippen molar-refractivity contribution in [2.24, 2.45) is 5.92 Å². The van der Waals surface area contributed by atoms with E-state index in [0.29, 0.717) is 23.8 Å². The summed E-state index contributed by atoms with van der Waals surface area (Å²) in [7, 11) is 0. The number of ether oxygens (including phenoxy) is 3. The third-order valence-corrected chi connectivity index (χ3v) is 4.80. The van der Waals surface area contributed by atoms with E-state index in [-0.39, 0.29) is 25.2 Å². The lowest BCUT2D eigenvalue weighted by atomic mass is 10.1. The molecule has 4 rings (SSSR count). The minimum atomic E-state index is -0.473. The first-order valence-corrected chi connectivity index (χ1v) is 8.57. The van der Waals surface area contributed by atoms with Crippen molar-refractivity contribution in [1.29, 1.82) is 0 Å². The van der Waals surface area contributed by atoms with Gasteiger partial charge in [0.15, 0.2) is 11.5 Å². The maximum Gasteiger partial charge on any atom is 0.316 e. The fraction of sp³-hybridized carbons (Fsp3) is 0.300. The summed E-state index contributed by atoms with van der Waals surface area (Å²) in [5.41, 5.74) is 1.05. The highest BCUT2D eigenvalue weighted by Gasteiger charge is 2.38. The number of amides is 1. The van der Waals surface area contributed by atoms with Crippen molar-refractivity contribution < 1.29 is 23.8 Å². The van der Waals surface area contributed by atoms with Gasteiger partial charge in [0.05, 0.1) is 12.0 Å². The highest BCUT2D eigenvalue weighted by Crippen LogP contribution is 2.36. The van der Waals surface area contributed by atoms with Gasteiger partial charge in [-0.3, -0.25) is 9.59 Å². The number of nitrogens with zero attached hydrogens (tertiary/aromatic N) is 1. The summed E-state index contributed by atoms with van der Waals surface area (Å²) in [4.78, 5) is 26.6. The van der Waals surface area contributed by atoms with E-state index in [1.807, 2.05) is 37.3 Å². The van der Waals surface area contributed by atoms with Crippen LogP contribution in [0.25, 0.3) is 0 Å². The molecule has 2 heterocycles. The number of hydrogen-bond donors (Lipinski definition) is 0. The molecule has 2 atom stereocenters. The number of hydrogen-bond acceptors (Lipinski definition) is 5. The fourth-order valence-corrected chi connectivity index (χ4v) is 3.32. The van der Waals surface area contributed by atoms with E-state index in [1.54, 1.807) is 23.1 Å². The summed E-state index contributed by atoms with van der Waals surface area (Å²) in [5, 5.41) is 0. The summed E-state index contributed by atoms with van der Waals surface area (Å²) >= 11 is 0. The van der Waals surface area contributed by atoms with Crippen LogP contribution in [0.4, 0.5) is 0 Å². The second-order valence-electron chi connectivity index (χ2n) is 6.47. The fourth-order valence-electron chi connectivity index (χ4n) is 3.32. The Hall–Kier alpha value is -3.02. The van der Waals surface area contributed by atoms with E-state index in [2.05, 4.69) is 0 Å². The zero-order valence-electron chi connectivity index (χ0n) is 14.4. The second-order valence-corrected chi connectivity index (χ2v) is 6.47. The van der Waals surface area contributed by atoms with Crippen LogP contribution in [0, 0.1) is 5.92 Å². The van der Waals surface area contributed by atoms with E-state index in [1.165, 1.54) is 0 Å². The molecule has 2 aromatic carbocycles. The summed E-state index contributed by atoms with van der Waals surface area (Å²) in [5.74, 6) is 0.662. The lowest BCUT2D eigenvalue weighted by Gasteiger charge is -2.25. The van der Waals surface area contributed by atoms with E-state index in [4.69, 9.17) is 14.2 Å². The van der Waals surface area contributed by atoms with Crippen LogP contribution in [0.3, 0.4) is 0 Å². The van der Waals surface area contributed by atoms with Gasteiger partial charge >= 0.3 is 5.97 Å². The third kappa shape index (κ3) is 3.10. The van der Waals surface area contributed by atoms with Gasteiger partial charge in [0.25, 0.3) is 0 Å². The molecule has 6 heteroatoms. The number of fused-ring (bicyclic) bond motifs is 1. The maximum atomic E-state index is 12.5. The molecular weight excluding hydrogens is 334 g/mol. The molecular formula is C20H19NO5. The molecule has 0 aromatic heterocycles. The van der Waals surface area contributed by atoms with Crippen LogP contribution in [0.15, 0.2) is 48.5 Å². The van der Waals surface area contributed by atoms with Gasteiger partial charge in [-0.05, 0) is 24.6 Å². The molecule has 0 aliphatic carbocycles. The SMILES string of the molecule is C[C@H](c1ccccc1)N1C[C@H](C(=O)Oc2ccc3c(c2)OCO3)CC1=O. The van der Waals surface area contributed by atoms with Crippen LogP contribution in [-0.2, 0) is 9.59 Å². The van der Waals surface area contributed by atoms with Crippen LogP contribution in [-0.4, -0.2) is 30.1 Å². The van der Waals surface area contributed by atoms with Crippen molar-refractivity contribution in [3.05, 3.63) is 54.1 Å². The largest absolute Gasteiger partial charge is 0.454 e. The molecule has 2 aliphatic rings. The summed E-state index contributed by atoms with van der Waals surface area (Å²) in [6, 6.07) is 14.7. The Labute approximate surface area is 151 Å². The van der Waals surface area contributed by atoms with Gasteiger partial charge in [-0.2, -0.15) is 0 Å². The van der Waals surface area contributed by atoms with Gasteiger partial charge in [0.2, 0.25) is 12.7 Å². The molecule has 1 amide bonds. The van der Waals surface area contributed by atoms with Gasteiger partial charge in [0, 0.05) is 19.0 Å². The monoisotopic (exact) mass is 353 g/mol. The van der Waals surface area contributed by atoms with Crippen LogP contribution < -0.4 is 14.2 Å². The Morgan fingerprint density at radius 2 is 1.92 bits per heavy atom. The van der Waals surface area contributed by atoms with Gasteiger partial charge in [0.1, 0.15) is 5.75 Å². The molecule has 6 nitrogen and oxygen atoms in total. The number of rotatable bonds is 4. The Morgan fingerprint density at radius 1 is 1.15 bits per heavy atom. The average molecular weight is 353 g/mol. The number of carbonyl (C=O) groups excluding carboxylic acids is 2. The number of benzene rings is 2. The van der Waals surface area contributed by atoms with Gasteiger partial charge in [-0.25, -0.2) is 0 Å². The molecule has 1 saturated heterocycles. The predicted molar refractivity (Wildman–Crippen MR) is 92.9 cm³/mol. The van der Waals surface area contributed by atoms with E-state index >= 15 is 0 Å². The van der Waals surface area contributed by atoms with Crippen LogP contribution >= 0.6 is 0 Å². The minimum Gasteiger partial charge on any atom is -0.454 e. The van der Waals surface area contributed by atoms with Crippen LogP contribution in [0.1, 0.15) is 24.9 Å². The predicted octanol–water partition coefficient (Wildman–Crippen LogP) is 2.93. The molecule has 0 N–H and O–H groups in total. The Balaban J connectivity index is 1.42. The van der Waals surface area contributed by atoms with Crippen molar-refractivity contribution >= 4 is 11.9 Å². The van der Waals surface area contributed by atoms with Gasteiger partial charge in [-0.15, -0.1) is 0 Å². The highest BCUT2D eigenvalue weighted by atomic mass is 16.7. The smallest absolute Gasteiger partial charge is 0.316 e. The molecule has 1 fully saturated rings. The van der Waals surface area contributed by atoms with Crippen molar-refractivity contribution in [1.82, 2.24) is 4.90 Å². The standard InChI is InChI=1S/C20H19NO5/c1-13(14-5-3-2-4-6-14)21-11-15(9-19(21)22)20(23)26-16-7-8-17-18(10-16)25-12-24-17/h2-8,10,13,15H,9,11-12H2,1H3/t13-,15-/m1/s1. The van der Waals surface area contributed by atoms with E-state index in [0.717, 1.165) is 5.56 Å². The normalized spacial score (nSPS) is 19.5. The molecule has 2 aromatic rings. The third-order valence-electron chi connectivity index (χ3n) is 4.80. The lowest BCUT2D eigenvalue weighted by molar-refractivity contribution is -0.139. The van der Waals surface area contributed by atoms with E-state index in [9.17, 15) is 9.59 Å². The van der Waals surface area contributed by atoms with Crippen LogP contribution in [0.5, 0.6) is 17.2 Å². The first-order chi connectivity index (χ1) is 12.6. The molecule has 0 unspecified atom stereocenters. The Kier molecular flexibility index (Phi) is 4.24. The number of likely N-dealkylation sites (tertiary alicyclic amines) is 1. The average Bonchev–Trinajstić information content (AvgIpc) is 3.28. The highest BCUT2D eigenvalue weighted by molar-refractivity contribution is 5.88. The molecule has 134 valence electrons. The number of carbonyl (C=O) groups is 2. The van der Waals surface area contributed by atoms with Crippen LogP contribution in [0.2, 0.25) is 0 Å². The van der Waals surface area contributed by atoms with Crippen molar-refractivity contribution in [2.45, 2.75) is 19.4 Å². The zero-order chi connectivity index (χ0) is 18.1. The molecule has 2 aliphatic heterocycles. The minimum absolute atomic E-state index is 0.0333. The zero-order valence-corrected chi connectivity index (χ0v) is 14.4. The summed E-state index contributed by atoms with van der Waals surface area (Å²) in [6.07, 6.45) is 0.167. The molecule has 0 spiro atoms.